The predicted octanol–water partition coefficient (Wildman–Crippen LogP) is 1.92. The number of hydrogen-bond acceptors (Lipinski definition) is 4. The zero-order chi connectivity index (χ0) is 16.1. The monoisotopic (exact) mass is 338 g/mol. The molecule has 1 aromatic rings. The Hall–Kier alpha value is -1.34. The Kier molecular flexibility index (Phi) is 3.81. The Morgan fingerprint density at radius 3 is 2.73 bits per heavy atom. The van der Waals surface area contributed by atoms with E-state index in [1.54, 1.807) is 0 Å². The fraction of sp³-hybridized carbons (Fsp3) is 0.467. The summed E-state index contributed by atoms with van der Waals surface area (Å²) < 4.78 is 23.9. The van der Waals surface area contributed by atoms with Crippen LogP contribution in [0.15, 0.2) is 23.2 Å². The van der Waals surface area contributed by atoms with Crippen molar-refractivity contribution in [1.29, 1.82) is 0 Å². The van der Waals surface area contributed by atoms with Crippen molar-refractivity contribution < 1.29 is 13.2 Å². The van der Waals surface area contributed by atoms with Gasteiger partial charge in [0.05, 0.1) is 17.5 Å². The van der Waals surface area contributed by atoms with E-state index in [4.69, 9.17) is 0 Å². The smallest absolute Gasteiger partial charge is 0.244 e. The van der Waals surface area contributed by atoms with Crippen molar-refractivity contribution >= 4 is 38.4 Å². The summed E-state index contributed by atoms with van der Waals surface area (Å²) in [6, 6.07) is 5.79. The van der Waals surface area contributed by atoms with Crippen LogP contribution in [0.2, 0.25) is 0 Å². The summed E-state index contributed by atoms with van der Waals surface area (Å²) in [5.41, 5.74) is 3.16. The fourth-order valence-electron chi connectivity index (χ4n) is 2.98. The molecule has 5 nitrogen and oxygen atoms in total. The number of amides is 1. The molecule has 2 aliphatic heterocycles. The number of carbonyl (C=O) groups is 1. The molecule has 2 unspecified atom stereocenters. The average molecular weight is 338 g/mol. The lowest BCUT2D eigenvalue weighted by Gasteiger charge is -2.26. The molecule has 2 saturated heterocycles. The van der Waals surface area contributed by atoms with Gasteiger partial charge in [-0.1, -0.05) is 23.9 Å². The van der Waals surface area contributed by atoms with Crippen LogP contribution < -0.4 is 4.90 Å². The van der Waals surface area contributed by atoms with E-state index in [9.17, 15) is 13.2 Å². The molecule has 7 heteroatoms. The van der Waals surface area contributed by atoms with Crippen LogP contribution in [0.25, 0.3) is 0 Å². The normalized spacial score (nSPS) is 28.1. The Morgan fingerprint density at radius 1 is 1.32 bits per heavy atom. The highest BCUT2D eigenvalue weighted by molar-refractivity contribution is 8.16. The van der Waals surface area contributed by atoms with E-state index < -0.39 is 9.84 Å². The van der Waals surface area contributed by atoms with Gasteiger partial charge in [-0.15, -0.1) is 0 Å². The summed E-state index contributed by atoms with van der Waals surface area (Å²) in [7, 11) is -3.02. The summed E-state index contributed by atoms with van der Waals surface area (Å²) in [6.45, 7) is 5.45. The third kappa shape index (κ3) is 2.67. The Balaban J connectivity index is 2.10. The topological polar surface area (TPSA) is 66.8 Å². The number of benzene rings is 1. The summed E-state index contributed by atoms with van der Waals surface area (Å²) in [4.78, 5) is 17.5. The average Bonchev–Trinajstić information content (AvgIpc) is 2.84. The number of amidine groups is 1. The van der Waals surface area contributed by atoms with Crippen LogP contribution in [0.5, 0.6) is 0 Å². The van der Waals surface area contributed by atoms with E-state index in [-0.39, 0.29) is 28.7 Å². The minimum atomic E-state index is -3.02. The number of carbonyl (C=O) groups excluding carboxylic acids is 1. The van der Waals surface area contributed by atoms with Crippen molar-refractivity contribution in [2.45, 2.75) is 32.1 Å². The first-order valence-electron chi connectivity index (χ1n) is 7.10. The van der Waals surface area contributed by atoms with Gasteiger partial charge in [0.15, 0.2) is 15.0 Å². The first-order valence-corrected chi connectivity index (χ1v) is 9.80. The van der Waals surface area contributed by atoms with Crippen LogP contribution in [0.4, 0.5) is 5.69 Å². The molecular weight excluding hydrogens is 320 g/mol. The van der Waals surface area contributed by atoms with Gasteiger partial charge < -0.3 is 4.90 Å². The van der Waals surface area contributed by atoms with Gasteiger partial charge in [-0.3, -0.25) is 4.79 Å². The lowest BCUT2D eigenvalue weighted by atomic mass is 10.1. The molecule has 0 saturated carbocycles. The van der Waals surface area contributed by atoms with Crippen molar-refractivity contribution in [3.05, 3.63) is 29.3 Å². The van der Waals surface area contributed by atoms with Gasteiger partial charge in [0, 0.05) is 17.9 Å². The number of fused-ring (bicyclic) bond motifs is 1. The number of nitrogens with zero attached hydrogens (tertiary/aromatic N) is 2. The molecule has 1 amide bonds. The van der Waals surface area contributed by atoms with Gasteiger partial charge in [-0.25, -0.2) is 8.42 Å². The van der Waals surface area contributed by atoms with Gasteiger partial charge >= 0.3 is 0 Å². The van der Waals surface area contributed by atoms with Crippen LogP contribution in [-0.4, -0.2) is 42.3 Å². The van der Waals surface area contributed by atoms with Crippen molar-refractivity contribution in [1.82, 2.24) is 0 Å². The zero-order valence-electron chi connectivity index (χ0n) is 12.7. The van der Waals surface area contributed by atoms with Crippen LogP contribution >= 0.6 is 11.8 Å². The molecule has 2 atom stereocenters. The third-order valence-electron chi connectivity index (χ3n) is 4.16. The van der Waals surface area contributed by atoms with E-state index in [2.05, 4.69) is 4.99 Å². The second-order valence-electron chi connectivity index (χ2n) is 5.80. The van der Waals surface area contributed by atoms with E-state index in [1.165, 1.54) is 18.7 Å². The number of thioether (sulfide) groups is 1. The number of aryl methyl sites for hydroxylation is 1. The van der Waals surface area contributed by atoms with E-state index in [1.807, 2.05) is 36.9 Å². The first kappa shape index (κ1) is 15.6. The number of rotatable bonds is 1. The molecule has 0 aliphatic carbocycles. The molecule has 3 rings (SSSR count). The molecule has 2 heterocycles. The van der Waals surface area contributed by atoms with E-state index in [0.29, 0.717) is 5.17 Å². The van der Waals surface area contributed by atoms with Crippen molar-refractivity contribution in [2.75, 3.05) is 16.4 Å². The SMILES string of the molecule is CC(=O)N=C1SC2CS(=O)(=O)CC2N1c1cccc(C)c1C. The molecule has 0 aromatic heterocycles. The second-order valence-corrected chi connectivity index (χ2v) is 9.16. The summed E-state index contributed by atoms with van der Waals surface area (Å²) in [5, 5.41) is 0.564. The standard InChI is InChI=1S/C15H18N2O3S2/c1-9-5-4-6-12(10(9)2)17-13-7-22(19,20)8-14(13)21-15(17)16-11(3)18/h4-6,13-14H,7-8H2,1-3H3. The van der Waals surface area contributed by atoms with Gasteiger partial charge in [0.2, 0.25) is 5.91 Å². The summed E-state index contributed by atoms with van der Waals surface area (Å²) >= 11 is 1.41. The minimum Gasteiger partial charge on any atom is -0.315 e. The number of sulfone groups is 1. The number of aliphatic imine (C=N–C) groups is 1. The van der Waals surface area contributed by atoms with Gasteiger partial charge in [-0.2, -0.15) is 4.99 Å². The largest absolute Gasteiger partial charge is 0.315 e. The highest BCUT2D eigenvalue weighted by atomic mass is 32.2. The van der Waals surface area contributed by atoms with Gasteiger partial charge in [0.25, 0.3) is 0 Å². The maximum absolute atomic E-state index is 12.0. The maximum atomic E-state index is 12.0. The molecule has 0 spiro atoms. The number of anilines is 1. The summed E-state index contributed by atoms with van der Waals surface area (Å²) in [6.07, 6.45) is 0. The van der Waals surface area contributed by atoms with E-state index in [0.717, 1.165) is 16.8 Å². The predicted molar refractivity (Wildman–Crippen MR) is 90.3 cm³/mol. The molecule has 0 bridgehead atoms. The molecule has 118 valence electrons. The minimum absolute atomic E-state index is 0.0528. The van der Waals surface area contributed by atoms with Crippen molar-refractivity contribution in [3.8, 4) is 0 Å². The number of hydrogen-bond donors (Lipinski definition) is 0. The van der Waals surface area contributed by atoms with Crippen molar-refractivity contribution in [2.24, 2.45) is 4.99 Å². The highest BCUT2D eigenvalue weighted by Gasteiger charge is 2.49. The Labute approximate surface area is 134 Å². The van der Waals surface area contributed by atoms with Crippen LogP contribution in [0, 0.1) is 13.8 Å². The molecule has 2 fully saturated rings. The molecule has 22 heavy (non-hydrogen) atoms. The Morgan fingerprint density at radius 2 is 2.05 bits per heavy atom. The lowest BCUT2D eigenvalue weighted by Crippen LogP contribution is -2.38. The third-order valence-corrected chi connectivity index (χ3v) is 7.36. The lowest BCUT2D eigenvalue weighted by molar-refractivity contribution is -0.115. The molecule has 0 radical (unpaired) electrons. The van der Waals surface area contributed by atoms with Crippen LogP contribution in [-0.2, 0) is 14.6 Å². The van der Waals surface area contributed by atoms with Gasteiger partial charge in [-0.05, 0) is 31.0 Å². The van der Waals surface area contributed by atoms with Crippen molar-refractivity contribution in [3.63, 3.8) is 0 Å². The molecule has 0 N–H and O–H groups in total. The quantitative estimate of drug-likeness (QED) is 0.783. The maximum Gasteiger partial charge on any atom is 0.244 e. The highest BCUT2D eigenvalue weighted by Crippen LogP contribution is 2.42. The van der Waals surface area contributed by atoms with Gasteiger partial charge in [0.1, 0.15) is 0 Å². The first-order chi connectivity index (χ1) is 10.3. The Bertz CT molecular complexity index is 771. The van der Waals surface area contributed by atoms with Crippen LogP contribution in [0.1, 0.15) is 18.1 Å². The summed E-state index contributed by atoms with van der Waals surface area (Å²) in [5.74, 6) is 0.0101. The fourth-order valence-corrected chi connectivity index (χ4v) is 6.93. The molecule has 1 aromatic carbocycles. The van der Waals surface area contributed by atoms with Crippen LogP contribution in [0.3, 0.4) is 0 Å². The molecule has 2 aliphatic rings. The van der Waals surface area contributed by atoms with E-state index >= 15 is 0 Å². The zero-order valence-corrected chi connectivity index (χ0v) is 14.4. The molecular formula is C15H18N2O3S2. The second kappa shape index (κ2) is 5.38.